The maximum absolute atomic E-state index is 13.9. The fraction of sp³-hybridized carbons (Fsp3) is 0.0500. The molecule has 0 saturated heterocycles. The Balaban J connectivity index is 1.98. The monoisotopic (exact) mass is 433 g/mol. The first-order valence-electron chi connectivity index (χ1n) is 7.96. The van der Waals surface area contributed by atoms with E-state index in [0.29, 0.717) is 26.3 Å². The molecule has 8 heteroatoms. The van der Waals surface area contributed by atoms with Crippen LogP contribution < -0.4 is 5.32 Å². The summed E-state index contributed by atoms with van der Waals surface area (Å²) in [4.78, 5) is 17.0. The van der Waals surface area contributed by atoms with Gasteiger partial charge in [-0.25, -0.2) is 4.39 Å². The van der Waals surface area contributed by atoms with Crippen LogP contribution in [0.15, 0.2) is 54.7 Å². The van der Waals surface area contributed by atoms with Gasteiger partial charge in [-0.05, 0) is 48.0 Å². The number of pyridine rings is 1. The van der Waals surface area contributed by atoms with Crippen LogP contribution in [-0.2, 0) is 0 Å². The number of carbonyl (C=O) groups excluding carboxylic acids is 1. The van der Waals surface area contributed by atoms with Gasteiger partial charge in [0.1, 0.15) is 11.9 Å². The highest BCUT2D eigenvalue weighted by molar-refractivity contribution is 6.42. The lowest BCUT2D eigenvalue weighted by Crippen LogP contribution is -2.30. The molecule has 2 aromatic carbocycles. The zero-order chi connectivity index (χ0) is 20.3. The summed E-state index contributed by atoms with van der Waals surface area (Å²) in [5.74, 6) is -1.32. The molecule has 3 aromatic rings. The number of rotatable bonds is 4. The Kier molecular flexibility index (Phi) is 6.15. The van der Waals surface area contributed by atoms with E-state index in [9.17, 15) is 9.18 Å². The Hall–Kier alpha value is -2.65. The van der Waals surface area contributed by atoms with Crippen molar-refractivity contribution in [1.29, 1.82) is 5.26 Å². The van der Waals surface area contributed by atoms with E-state index < -0.39 is 17.8 Å². The van der Waals surface area contributed by atoms with E-state index in [1.54, 1.807) is 36.4 Å². The van der Waals surface area contributed by atoms with E-state index in [-0.39, 0.29) is 11.1 Å². The van der Waals surface area contributed by atoms with Gasteiger partial charge in [0.2, 0.25) is 0 Å². The third kappa shape index (κ3) is 4.42. The maximum Gasteiger partial charge on any atom is 0.252 e. The zero-order valence-corrected chi connectivity index (χ0v) is 16.4. The highest BCUT2D eigenvalue weighted by Gasteiger charge is 2.21. The van der Waals surface area contributed by atoms with Crippen LogP contribution in [0.1, 0.15) is 33.2 Å². The van der Waals surface area contributed by atoms with E-state index >= 15 is 0 Å². The molecular weight excluding hydrogens is 424 g/mol. The molecule has 1 heterocycles. The minimum Gasteiger partial charge on any atom is -0.340 e. The van der Waals surface area contributed by atoms with Crippen molar-refractivity contribution in [1.82, 2.24) is 10.3 Å². The first kappa shape index (κ1) is 20.1. The highest BCUT2D eigenvalue weighted by atomic mass is 35.5. The molecule has 0 saturated carbocycles. The van der Waals surface area contributed by atoms with Crippen LogP contribution >= 0.6 is 34.8 Å². The summed E-state index contributed by atoms with van der Waals surface area (Å²) in [6, 6.07) is 12.9. The van der Waals surface area contributed by atoms with Crippen molar-refractivity contribution < 1.29 is 9.18 Å². The average Bonchev–Trinajstić information content (AvgIpc) is 2.69. The molecule has 3 rings (SSSR count). The Morgan fingerprint density at radius 1 is 1.07 bits per heavy atom. The number of carbonyl (C=O) groups is 1. The quantitative estimate of drug-likeness (QED) is 0.583. The van der Waals surface area contributed by atoms with Crippen LogP contribution in [0.25, 0.3) is 0 Å². The van der Waals surface area contributed by atoms with Gasteiger partial charge >= 0.3 is 0 Å². The molecule has 1 aromatic heterocycles. The van der Waals surface area contributed by atoms with E-state index in [2.05, 4.69) is 10.3 Å². The standard InChI is InChI=1S/C20H11Cl3FN3O/c21-14-4-6-18(26-10-14)19(11-3-5-15(22)16(23)7-11)27-20(28)12-1-2-13(9-25)17(24)8-12/h1-8,10,19H,(H,27,28). The Morgan fingerprint density at radius 3 is 2.46 bits per heavy atom. The van der Waals surface area contributed by atoms with Crippen molar-refractivity contribution in [2.75, 3.05) is 0 Å². The summed E-state index contributed by atoms with van der Waals surface area (Å²) in [7, 11) is 0. The molecule has 0 fully saturated rings. The number of benzene rings is 2. The second kappa shape index (κ2) is 8.57. The second-order valence-electron chi connectivity index (χ2n) is 5.79. The van der Waals surface area contributed by atoms with Crippen LogP contribution in [0.3, 0.4) is 0 Å². The lowest BCUT2D eigenvalue weighted by molar-refractivity contribution is 0.0942. The number of halogens is 4. The molecule has 1 N–H and O–H groups in total. The smallest absolute Gasteiger partial charge is 0.252 e. The van der Waals surface area contributed by atoms with Crippen molar-refractivity contribution in [3.63, 3.8) is 0 Å². The maximum atomic E-state index is 13.9. The molecule has 0 aliphatic rings. The van der Waals surface area contributed by atoms with E-state index in [1.807, 2.05) is 0 Å². The van der Waals surface area contributed by atoms with Crippen LogP contribution in [0.5, 0.6) is 0 Å². The van der Waals surface area contributed by atoms with Gasteiger partial charge in [-0.15, -0.1) is 0 Å². The summed E-state index contributed by atoms with van der Waals surface area (Å²) in [6.07, 6.45) is 1.45. The van der Waals surface area contributed by atoms with Crippen LogP contribution in [0.2, 0.25) is 15.1 Å². The molecule has 0 spiro atoms. The predicted molar refractivity (Wildman–Crippen MR) is 106 cm³/mol. The van der Waals surface area contributed by atoms with Crippen LogP contribution in [0, 0.1) is 17.1 Å². The van der Waals surface area contributed by atoms with Crippen molar-refractivity contribution in [2.45, 2.75) is 6.04 Å². The van der Waals surface area contributed by atoms with Crippen molar-refractivity contribution >= 4 is 40.7 Å². The summed E-state index contributed by atoms with van der Waals surface area (Å²) in [6.45, 7) is 0. The van der Waals surface area contributed by atoms with E-state index in [4.69, 9.17) is 40.1 Å². The fourth-order valence-corrected chi connectivity index (χ4v) is 2.96. The molecule has 0 aliphatic heterocycles. The normalized spacial score (nSPS) is 11.5. The molecule has 0 aliphatic carbocycles. The largest absolute Gasteiger partial charge is 0.340 e. The number of hydrogen-bond donors (Lipinski definition) is 1. The van der Waals surface area contributed by atoms with Crippen molar-refractivity contribution in [3.8, 4) is 6.07 Å². The molecule has 1 unspecified atom stereocenters. The lowest BCUT2D eigenvalue weighted by Gasteiger charge is -2.19. The van der Waals surface area contributed by atoms with E-state index in [1.165, 1.54) is 18.3 Å². The molecule has 140 valence electrons. The first-order chi connectivity index (χ1) is 13.4. The number of amides is 1. The number of nitrogens with one attached hydrogen (secondary N) is 1. The van der Waals surface area contributed by atoms with Gasteiger partial charge in [-0.2, -0.15) is 5.26 Å². The first-order valence-corrected chi connectivity index (χ1v) is 9.09. The van der Waals surface area contributed by atoms with Gasteiger partial charge in [0.05, 0.1) is 32.4 Å². The highest BCUT2D eigenvalue weighted by Crippen LogP contribution is 2.29. The molecule has 0 bridgehead atoms. The molecular formula is C20H11Cl3FN3O. The minimum absolute atomic E-state index is 0.0653. The number of aromatic nitrogens is 1. The Bertz CT molecular complexity index is 1080. The third-order valence-corrected chi connectivity index (χ3v) is 4.91. The average molecular weight is 435 g/mol. The molecule has 1 atom stereocenters. The Morgan fingerprint density at radius 2 is 1.86 bits per heavy atom. The molecule has 4 nitrogen and oxygen atoms in total. The van der Waals surface area contributed by atoms with Crippen LogP contribution in [-0.4, -0.2) is 10.9 Å². The van der Waals surface area contributed by atoms with Gasteiger partial charge in [-0.3, -0.25) is 9.78 Å². The molecule has 0 radical (unpaired) electrons. The number of nitrogens with zero attached hydrogens (tertiary/aromatic N) is 2. The Labute approximate surface area is 175 Å². The van der Waals surface area contributed by atoms with E-state index in [0.717, 1.165) is 6.07 Å². The van der Waals surface area contributed by atoms with Crippen LogP contribution in [0.4, 0.5) is 4.39 Å². The predicted octanol–water partition coefficient (Wildman–Crippen LogP) is 5.57. The minimum atomic E-state index is -0.772. The summed E-state index contributed by atoms with van der Waals surface area (Å²) in [5, 5.41) is 12.8. The third-order valence-electron chi connectivity index (χ3n) is 3.95. The summed E-state index contributed by atoms with van der Waals surface area (Å²) in [5.41, 5.74) is 1.06. The van der Waals surface area contributed by atoms with Gasteiger partial charge in [0.15, 0.2) is 0 Å². The zero-order valence-electron chi connectivity index (χ0n) is 14.1. The fourth-order valence-electron chi connectivity index (χ4n) is 2.54. The summed E-state index contributed by atoms with van der Waals surface area (Å²) < 4.78 is 13.9. The second-order valence-corrected chi connectivity index (χ2v) is 7.04. The lowest BCUT2D eigenvalue weighted by atomic mass is 10.0. The van der Waals surface area contributed by atoms with Crippen molar-refractivity contribution in [3.05, 3.63) is 98.0 Å². The molecule has 1 amide bonds. The topological polar surface area (TPSA) is 65.8 Å². The number of hydrogen-bond acceptors (Lipinski definition) is 3. The van der Waals surface area contributed by atoms with Gasteiger partial charge in [0, 0.05) is 11.8 Å². The molecule has 28 heavy (non-hydrogen) atoms. The number of nitriles is 1. The van der Waals surface area contributed by atoms with Gasteiger partial charge in [0.25, 0.3) is 5.91 Å². The van der Waals surface area contributed by atoms with Gasteiger partial charge < -0.3 is 5.32 Å². The van der Waals surface area contributed by atoms with Crippen molar-refractivity contribution in [2.24, 2.45) is 0 Å². The summed E-state index contributed by atoms with van der Waals surface area (Å²) >= 11 is 18.0. The van der Waals surface area contributed by atoms with Gasteiger partial charge in [-0.1, -0.05) is 40.9 Å². The SMILES string of the molecule is N#Cc1ccc(C(=O)NC(c2ccc(Cl)c(Cl)c2)c2ccc(Cl)cn2)cc1F.